The first-order valence-corrected chi connectivity index (χ1v) is 12.3. The minimum absolute atomic E-state index is 0.166. The summed E-state index contributed by atoms with van der Waals surface area (Å²) in [5, 5.41) is 3.78. The number of anilines is 1. The molecule has 0 aliphatic rings. The number of hydrogen-bond donors (Lipinski definition) is 1. The van der Waals surface area contributed by atoms with Crippen molar-refractivity contribution in [2.45, 2.75) is 32.1 Å². The van der Waals surface area contributed by atoms with Crippen molar-refractivity contribution in [2.75, 3.05) is 12.4 Å². The molecule has 1 amide bonds. The van der Waals surface area contributed by atoms with Gasteiger partial charge in [-0.2, -0.15) is 0 Å². The summed E-state index contributed by atoms with van der Waals surface area (Å²) in [7, 11) is 1.39. The number of hydrogen-bond acceptors (Lipinski definition) is 5. The lowest BCUT2D eigenvalue weighted by molar-refractivity contribution is -0.140. The van der Waals surface area contributed by atoms with Crippen LogP contribution in [0.5, 0.6) is 0 Å². The number of esters is 1. The van der Waals surface area contributed by atoms with E-state index in [2.05, 4.69) is 5.32 Å². The quantitative estimate of drug-likeness (QED) is 0.196. The summed E-state index contributed by atoms with van der Waals surface area (Å²) in [6.45, 7) is 0. The number of fused-ring (bicyclic) bond motifs is 1. The van der Waals surface area contributed by atoms with Gasteiger partial charge in [0, 0.05) is 17.7 Å². The third-order valence-electron chi connectivity index (χ3n) is 5.69. The number of halogens is 2. The number of carbonyl (C=O) groups excluding carboxylic acids is 2. The summed E-state index contributed by atoms with van der Waals surface area (Å²) < 4.78 is 4.73. The molecule has 0 aliphatic heterocycles. The van der Waals surface area contributed by atoms with Gasteiger partial charge < -0.3 is 10.1 Å². The highest BCUT2D eigenvalue weighted by molar-refractivity contribution is 6.42. The Morgan fingerprint density at radius 1 is 0.889 bits per heavy atom. The summed E-state index contributed by atoms with van der Waals surface area (Å²) in [5.41, 5.74) is 5.46. The number of nitrogens with one attached hydrogen (secondary N) is 1. The van der Waals surface area contributed by atoms with Crippen LogP contribution in [0.4, 0.5) is 5.69 Å². The molecule has 1 N–H and O–H groups in total. The van der Waals surface area contributed by atoms with Crippen LogP contribution in [0, 0.1) is 0 Å². The second-order valence-corrected chi connectivity index (χ2v) is 9.16. The second kappa shape index (κ2) is 12.0. The Bertz CT molecular complexity index is 1390. The zero-order valence-corrected chi connectivity index (χ0v) is 21.3. The average Bonchev–Trinajstić information content (AvgIpc) is 2.88. The molecule has 4 rings (SSSR count). The normalized spacial score (nSPS) is 10.9. The van der Waals surface area contributed by atoms with Crippen molar-refractivity contribution in [2.24, 2.45) is 0 Å². The third-order valence-corrected chi connectivity index (χ3v) is 6.43. The molecule has 1 heterocycles. The maximum atomic E-state index is 12.6. The van der Waals surface area contributed by atoms with Gasteiger partial charge >= 0.3 is 5.97 Å². The standard InChI is InChI=1S/C28H25Cl2N3O3/c1-36-27(35)10-6-5-9-24-28(19-7-3-2-4-8-19)33-23-14-12-20(17-25(23)32-24)31-26(34)16-18-11-13-21(29)22(30)15-18/h2-4,7-8,11-15,17H,5-6,9-10,16H2,1H3,(H,31,34). The Morgan fingerprint density at radius 2 is 1.69 bits per heavy atom. The highest BCUT2D eigenvalue weighted by atomic mass is 35.5. The number of aromatic nitrogens is 2. The van der Waals surface area contributed by atoms with E-state index in [1.807, 2.05) is 48.5 Å². The van der Waals surface area contributed by atoms with Crippen LogP contribution in [0.15, 0.2) is 66.7 Å². The smallest absolute Gasteiger partial charge is 0.305 e. The molecule has 0 fully saturated rings. The number of aryl methyl sites for hydroxylation is 1. The summed E-state index contributed by atoms with van der Waals surface area (Å²) >= 11 is 12.0. The molecule has 36 heavy (non-hydrogen) atoms. The molecule has 4 aromatic rings. The number of nitrogens with zero attached hydrogens (tertiary/aromatic N) is 2. The van der Waals surface area contributed by atoms with Crippen molar-refractivity contribution in [1.29, 1.82) is 0 Å². The van der Waals surface area contributed by atoms with Gasteiger partial charge in [-0.3, -0.25) is 9.59 Å². The molecule has 184 valence electrons. The largest absolute Gasteiger partial charge is 0.469 e. The summed E-state index contributed by atoms with van der Waals surface area (Å²) in [6, 6.07) is 20.5. The molecule has 0 saturated carbocycles. The number of ether oxygens (including phenoxy) is 1. The van der Waals surface area contributed by atoms with Crippen molar-refractivity contribution in [1.82, 2.24) is 9.97 Å². The lowest BCUT2D eigenvalue weighted by Crippen LogP contribution is -2.14. The SMILES string of the molecule is COC(=O)CCCCc1nc2cc(NC(=O)Cc3ccc(Cl)c(Cl)c3)ccc2nc1-c1ccccc1. The topological polar surface area (TPSA) is 81.2 Å². The second-order valence-electron chi connectivity index (χ2n) is 8.35. The Hall–Kier alpha value is -3.48. The van der Waals surface area contributed by atoms with E-state index in [9.17, 15) is 9.59 Å². The van der Waals surface area contributed by atoms with E-state index < -0.39 is 0 Å². The van der Waals surface area contributed by atoms with Gasteiger partial charge in [0.05, 0.1) is 46.0 Å². The number of unbranched alkanes of at least 4 members (excludes halogenated alkanes) is 1. The molecular formula is C28H25Cl2N3O3. The number of benzene rings is 3. The van der Waals surface area contributed by atoms with E-state index in [4.69, 9.17) is 37.9 Å². The van der Waals surface area contributed by atoms with E-state index in [1.165, 1.54) is 7.11 Å². The molecule has 0 spiro atoms. The molecule has 6 nitrogen and oxygen atoms in total. The Balaban J connectivity index is 1.56. The first-order chi connectivity index (χ1) is 17.4. The van der Waals surface area contributed by atoms with Gasteiger partial charge in [0.25, 0.3) is 0 Å². The molecule has 8 heteroatoms. The van der Waals surface area contributed by atoms with Crippen molar-refractivity contribution in [3.8, 4) is 11.3 Å². The molecule has 1 aromatic heterocycles. The molecule has 0 unspecified atom stereocenters. The van der Waals surface area contributed by atoms with Gasteiger partial charge in [0.1, 0.15) is 0 Å². The van der Waals surface area contributed by atoms with Crippen LogP contribution in [0.25, 0.3) is 22.3 Å². The fraction of sp³-hybridized carbons (Fsp3) is 0.214. The lowest BCUT2D eigenvalue weighted by atomic mass is 10.0. The predicted molar refractivity (Wildman–Crippen MR) is 143 cm³/mol. The first-order valence-electron chi connectivity index (χ1n) is 11.6. The van der Waals surface area contributed by atoms with Gasteiger partial charge in [-0.1, -0.05) is 59.6 Å². The van der Waals surface area contributed by atoms with E-state index >= 15 is 0 Å². The van der Waals surface area contributed by atoms with Crippen molar-refractivity contribution < 1.29 is 14.3 Å². The molecule has 0 aliphatic carbocycles. The molecule has 0 atom stereocenters. The van der Waals surface area contributed by atoms with Crippen molar-refractivity contribution in [3.05, 3.63) is 88.0 Å². The zero-order valence-electron chi connectivity index (χ0n) is 19.8. The molecular weight excluding hydrogens is 497 g/mol. The maximum Gasteiger partial charge on any atom is 0.305 e. The third kappa shape index (κ3) is 6.59. The van der Waals surface area contributed by atoms with Crippen LogP contribution in [-0.4, -0.2) is 29.0 Å². The van der Waals surface area contributed by atoms with E-state index in [-0.39, 0.29) is 18.3 Å². The fourth-order valence-electron chi connectivity index (χ4n) is 3.87. The van der Waals surface area contributed by atoms with Crippen molar-refractivity contribution >= 4 is 51.8 Å². The predicted octanol–water partition coefficient (Wildman–Crippen LogP) is 6.67. The van der Waals surface area contributed by atoms with Gasteiger partial charge in [0.2, 0.25) is 5.91 Å². The maximum absolute atomic E-state index is 12.6. The van der Waals surface area contributed by atoms with Gasteiger partial charge in [-0.05, 0) is 55.2 Å². The monoisotopic (exact) mass is 521 g/mol. The summed E-state index contributed by atoms with van der Waals surface area (Å²) in [6.07, 6.45) is 2.67. The Morgan fingerprint density at radius 3 is 2.44 bits per heavy atom. The summed E-state index contributed by atoms with van der Waals surface area (Å²) in [4.78, 5) is 33.9. The van der Waals surface area contributed by atoms with Crippen LogP contribution >= 0.6 is 23.2 Å². The van der Waals surface area contributed by atoms with Crippen LogP contribution < -0.4 is 5.32 Å². The highest BCUT2D eigenvalue weighted by Gasteiger charge is 2.13. The average molecular weight is 522 g/mol. The number of methoxy groups -OCH3 is 1. The zero-order chi connectivity index (χ0) is 25.5. The summed E-state index contributed by atoms with van der Waals surface area (Å²) in [5.74, 6) is -0.395. The van der Waals surface area contributed by atoms with Gasteiger partial charge in [-0.25, -0.2) is 9.97 Å². The Labute approximate surface area is 219 Å². The van der Waals surface area contributed by atoms with Crippen LogP contribution in [0.1, 0.15) is 30.5 Å². The minimum Gasteiger partial charge on any atom is -0.469 e. The van der Waals surface area contributed by atoms with E-state index in [1.54, 1.807) is 18.2 Å². The van der Waals surface area contributed by atoms with Crippen LogP contribution in [0.3, 0.4) is 0 Å². The Kier molecular flexibility index (Phi) is 8.52. The number of amides is 1. The van der Waals surface area contributed by atoms with E-state index in [0.29, 0.717) is 40.5 Å². The molecule has 0 radical (unpaired) electrons. The number of carbonyl (C=O) groups is 2. The molecule has 3 aromatic carbocycles. The molecule has 0 bridgehead atoms. The highest BCUT2D eigenvalue weighted by Crippen LogP contribution is 2.27. The first kappa shape index (κ1) is 25.6. The molecule has 0 saturated heterocycles. The van der Waals surface area contributed by atoms with Crippen molar-refractivity contribution in [3.63, 3.8) is 0 Å². The lowest BCUT2D eigenvalue weighted by Gasteiger charge is -2.12. The van der Waals surface area contributed by atoms with Crippen LogP contribution in [0.2, 0.25) is 10.0 Å². The van der Waals surface area contributed by atoms with Gasteiger partial charge in [0.15, 0.2) is 0 Å². The number of rotatable bonds is 9. The van der Waals surface area contributed by atoms with Gasteiger partial charge in [-0.15, -0.1) is 0 Å². The van der Waals surface area contributed by atoms with Crippen LogP contribution in [-0.2, 0) is 27.2 Å². The fourth-order valence-corrected chi connectivity index (χ4v) is 4.19. The van der Waals surface area contributed by atoms with E-state index in [0.717, 1.165) is 34.5 Å². The minimum atomic E-state index is -0.218.